The van der Waals surface area contributed by atoms with Crippen LogP contribution in [0.1, 0.15) is 43.9 Å². The molecule has 3 nitrogen and oxygen atoms in total. The van der Waals surface area contributed by atoms with Crippen LogP contribution in [0.15, 0.2) is 24.3 Å². The maximum atomic E-state index is 12.1. The molecule has 1 aromatic carbocycles. The van der Waals surface area contributed by atoms with Crippen LogP contribution in [-0.2, 0) is 11.2 Å². The van der Waals surface area contributed by atoms with Crippen molar-refractivity contribution in [3.63, 3.8) is 0 Å². The number of nitrogens with two attached hydrogens (primary N) is 1. The van der Waals surface area contributed by atoms with Crippen molar-refractivity contribution in [2.24, 2.45) is 11.7 Å². The molecule has 3 atom stereocenters. The number of hydrogen-bond donors (Lipinski definition) is 2. The monoisotopic (exact) mass is 282 g/mol. The summed E-state index contributed by atoms with van der Waals surface area (Å²) in [5, 5.41) is 3.09. The van der Waals surface area contributed by atoms with Gasteiger partial charge in [-0.05, 0) is 29.9 Å². The molecule has 0 radical (unpaired) electrons. The predicted molar refractivity (Wildman–Crippen MR) is 80.3 cm³/mol. The fraction of sp³-hybridized carbons (Fsp3) is 0.533. The van der Waals surface area contributed by atoms with Crippen LogP contribution in [0.2, 0.25) is 0 Å². The van der Waals surface area contributed by atoms with E-state index < -0.39 is 6.04 Å². The van der Waals surface area contributed by atoms with Crippen molar-refractivity contribution >= 4 is 18.3 Å². The van der Waals surface area contributed by atoms with Crippen LogP contribution in [0, 0.1) is 5.92 Å². The average molecular weight is 283 g/mol. The Morgan fingerprint density at radius 3 is 2.84 bits per heavy atom. The highest BCUT2D eigenvalue weighted by Crippen LogP contribution is 2.30. The van der Waals surface area contributed by atoms with Crippen LogP contribution in [-0.4, -0.2) is 11.9 Å². The quantitative estimate of drug-likeness (QED) is 0.892. The summed E-state index contributed by atoms with van der Waals surface area (Å²) in [6.07, 6.45) is 2.95. The van der Waals surface area contributed by atoms with E-state index in [1.807, 2.05) is 19.1 Å². The van der Waals surface area contributed by atoms with E-state index in [-0.39, 0.29) is 30.3 Å². The Morgan fingerprint density at radius 2 is 2.16 bits per heavy atom. The van der Waals surface area contributed by atoms with Crippen molar-refractivity contribution in [2.75, 3.05) is 0 Å². The van der Waals surface area contributed by atoms with Gasteiger partial charge in [0, 0.05) is 0 Å². The molecule has 0 aromatic heterocycles. The number of benzene rings is 1. The van der Waals surface area contributed by atoms with Gasteiger partial charge in [0.25, 0.3) is 0 Å². The Kier molecular flexibility index (Phi) is 5.83. The number of carbonyl (C=O) groups is 1. The number of fused-ring (bicyclic) bond motifs is 1. The zero-order valence-electron chi connectivity index (χ0n) is 11.6. The van der Waals surface area contributed by atoms with Crippen LogP contribution in [0.25, 0.3) is 0 Å². The molecule has 0 saturated carbocycles. The third kappa shape index (κ3) is 3.48. The molecule has 0 fully saturated rings. The Hall–Kier alpha value is -1.06. The van der Waals surface area contributed by atoms with E-state index in [0.29, 0.717) is 0 Å². The van der Waals surface area contributed by atoms with Gasteiger partial charge in [-0.1, -0.05) is 44.5 Å². The average Bonchev–Trinajstić information content (AvgIpc) is 2.80. The van der Waals surface area contributed by atoms with Crippen molar-refractivity contribution in [1.29, 1.82) is 0 Å². The van der Waals surface area contributed by atoms with Gasteiger partial charge in [-0.15, -0.1) is 12.4 Å². The van der Waals surface area contributed by atoms with Gasteiger partial charge < -0.3 is 11.1 Å². The van der Waals surface area contributed by atoms with Gasteiger partial charge in [-0.2, -0.15) is 0 Å². The lowest BCUT2D eigenvalue weighted by Gasteiger charge is -2.21. The van der Waals surface area contributed by atoms with Crippen LogP contribution < -0.4 is 11.1 Å². The molecule has 1 aliphatic carbocycles. The topological polar surface area (TPSA) is 55.1 Å². The molecule has 1 aromatic rings. The first kappa shape index (κ1) is 16.0. The molecule has 0 heterocycles. The van der Waals surface area contributed by atoms with Crippen LogP contribution in [0.5, 0.6) is 0 Å². The standard InChI is InChI=1S/C15H22N2O.ClH/c1-3-10(2)14(16)15(18)17-13-9-8-11-6-4-5-7-12(11)13;/h4-7,10,13-14H,3,8-9,16H2,1-2H3,(H,17,18);1H. The fourth-order valence-corrected chi connectivity index (χ4v) is 2.49. The zero-order valence-corrected chi connectivity index (χ0v) is 12.4. The molecule has 0 saturated heterocycles. The van der Waals surface area contributed by atoms with Crippen LogP contribution >= 0.6 is 12.4 Å². The number of hydrogen-bond acceptors (Lipinski definition) is 2. The second-order valence-corrected chi connectivity index (χ2v) is 5.21. The van der Waals surface area contributed by atoms with Gasteiger partial charge in [0.15, 0.2) is 0 Å². The maximum Gasteiger partial charge on any atom is 0.237 e. The molecule has 1 amide bonds. The lowest BCUT2D eigenvalue weighted by Crippen LogP contribution is -2.45. The minimum Gasteiger partial charge on any atom is -0.348 e. The Balaban J connectivity index is 0.00000180. The highest BCUT2D eigenvalue weighted by atomic mass is 35.5. The SMILES string of the molecule is CCC(C)C(N)C(=O)NC1CCc2ccccc21.Cl. The van der Waals surface area contributed by atoms with E-state index in [1.54, 1.807) is 0 Å². The molecule has 0 aliphatic heterocycles. The molecule has 4 heteroatoms. The second-order valence-electron chi connectivity index (χ2n) is 5.21. The van der Waals surface area contributed by atoms with Gasteiger partial charge >= 0.3 is 0 Å². The van der Waals surface area contributed by atoms with Crippen molar-refractivity contribution in [2.45, 2.75) is 45.2 Å². The fourth-order valence-electron chi connectivity index (χ4n) is 2.49. The second kappa shape index (κ2) is 6.92. The summed E-state index contributed by atoms with van der Waals surface area (Å²) in [6.45, 7) is 4.08. The van der Waals surface area contributed by atoms with E-state index in [0.717, 1.165) is 19.3 Å². The maximum absolute atomic E-state index is 12.1. The summed E-state index contributed by atoms with van der Waals surface area (Å²) in [5.41, 5.74) is 8.56. The number of amides is 1. The molecular weight excluding hydrogens is 260 g/mol. The summed E-state index contributed by atoms with van der Waals surface area (Å²) < 4.78 is 0. The first-order valence-corrected chi connectivity index (χ1v) is 6.77. The van der Waals surface area contributed by atoms with Gasteiger partial charge in [0.1, 0.15) is 0 Å². The van der Waals surface area contributed by atoms with Gasteiger partial charge in [-0.3, -0.25) is 4.79 Å². The van der Waals surface area contributed by atoms with E-state index >= 15 is 0 Å². The number of nitrogens with one attached hydrogen (secondary N) is 1. The minimum absolute atomic E-state index is 0. The molecule has 19 heavy (non-hydrogen) atoms. The number of carbonyl (C=O) groups excluding carboxylic acids is 1. The number of rotatable bonds is 4. The van der Waals surface area contributed by atoms with Gasteiger partial charge in [0.05, 0.1) is 12.1 Å². The van der Waals surface area contributed by atoms with Crippen molar-refractivity contribution in [1.82, 2.24) is 5.32 Å². The van der Waals surface area contributed by atoms with E-state index in [2.05, 4.69) is 24.4 Å². The Morgan fingerprint density at radius 1 is 1.47 bits per heavy atom. The summed E-state index contributed by atoms with van der Waals surface area (Å²) in [5.74, 6) is 0.202. The summed E-state index contributed by atoms with van der Waals surface area (Å²) in [4.78, 5) is 12.1. The molecule has 3 N–H and O–H groups in total. The molecule has 1 aliphatic rings. The van der Waals surface area contributed by atoms with Crippen molar-refractivity contribution < 1.29 is 4.79 Å². The number of aryl methyl sites for hydroxylation is 1. The normalized spacial score (nSPS) is 20.1. The third-order valence-corrected chi connectivity index (χ3v) is 4.01. The first-order chi connectivity index (χ1) is 8.63. The van der Waals surface area contributed by atoms with Gasteiger partial charge in [-0.25, -0.2) is 0 Å². The molecular formula is C15H23ClN2O. The van der Waals surface area contributed by atoms with Crippen molar-refractivity contribution in [3.8, 4) is 0 Å². The lowest BCUT2D eigenvalue weighted by molar-refractivity contribution is -0.124. The van der Waals surface area contributed by atoms with E-state index in [1.165, 1.54) is 11.1 Å². The first-order valence-electron chi connectivity index (χ1n) is 6.77. The number of halogens is 1. The molecule has 2 rings (SSSR count). The molecule has 0 spiro atoms. The Bertz CT molecular complexity index is 436. The molecule has 106 valence electrons. The third-order valence-electron chi connectivity index (χ3n) is 4.01. The zero-order chi connectivity index (χ0) is 13.1. The minimum atomic E-state index is -0.400. The van der Waals surface area contributed by atoms with Crippen molar-refractivity contribution in [3.05, 3.63) is 35.4 Å². The summed E-state index contributed by atoms with van der Waals surface area (Å²) in [6, 6.07) is 8.05. The molecule has 3 unspecified atom stereocenters. The molecule has 0 bridgehead atoms. The summed E-state index contributed by atoms with van der Waals surface area (Å²) >= 11 is 0. The van der Waals surface area contributed by atoms with Gasteiger partial charge in [0.2, 0.25) is 5.91 Å². The Labute approximate surface area is 121 Å². The van der Waals surface area contributed by atoms with Crippen LogP contribution in [0.3, 0.4) is 0 Å². The van der Waals surface area contributed by atoms with E-state index in [9.17, 15) is 4.79 Å². The highest BCUT2D eigenvalue weighted by Gasteiger charge is 2.26. The summed E-state index contributed by atoms with van der Waals surface area (Å²) in [7, 11) is 0. The van der Waals surface area contributed by atoms with E-state index in [4.69, 9.17) is 5.73 Å². The lowest BCUT2D eigenvalue weighted by atomic mass is 9.98. The highest BCUT2D eigenvalue weighted by molar-refractivity contribution is 5.85. The van der Waals surface area contributed by atoms with Crippen LogP contribution in [0.4, 0.5) is 0 Å². The smallest absolute Gasteiger partial charge is 0.237 e. The largest absolute Gasteiger partial charge is 0.348 e. The predicted octanol–water partition coefficient (Wildman–Crippen LogP) is 2.59.